The molecule has 1 atom stereocenters. The van der Waals surface area contributed by atoms with Gasteiger partial charge in [-0.3, -0.25) is 4.79 Å². The van der Waals surface area contributed by atoms with Gasteiger partial charge in [-0.15, -0.1) is 11.3 Å². The van der Waals surface area contributed by atoms with Crippen molar-refractivity contribution in [2.45, 2.75) is 38.8 Å². The van der Waals surface area contributed by atoms with Gasteiger partial charge in [-0.1, -0.05) is 0 Å². The Hall–Kier alpha value is -0.940. The van der Waals surface area contributed by atoms with Gasteiger partial charge in [-0.05, 0) is 19.8 Å². The summed E-state index contributed by atoms with van der Waals surface area (Å²) < 4.78 is 0. The molecule has 1 aromatic rings. The maximum absolute atomic E-state index is 11.2. The average molecular weight is 253 g/mol. The fourth-order valence-electron chi connectivity index (χ4n) is 2.24. The summed E-state index contributed by atoms with van der Waals surface area (Å²) in [6, 6.07) is 0.803. The predicted octanol–water partition coefficient (Wildman–Crippen LogP) is 1.80. The predicted molar refractivity (Wildman–Crippen MR) is 68.9 cm³/mol. The second kappa shape index (κ2) is 5.60. The number of amides is 1. The van der Waals surface area contributed by atoms with Crippen molar-refractivity contribution in [1.29, 1.82) is 0 Å². The van der Waals surface area contributed by atoms with Gasteiger partial charge in [-0.2, -0.15) is 0 Å². The van der Waals surface area contributed by atoms with E-state index in [2.05, 4.69) is 22.6 Å². The number of hydrogen-bond donors (Lipinski definition) is 1. The molecule has 0 aliphatic carbocycles. The van der Waals surface area contributed by atoms with Crippen molar-refractivity contribution >= 4 is 17.2 Å². The zero-order chi connectivity index (χ0) is 12.3. The summed E-state index contributed by atoms with van der Waals surface area (Å²) in [7, 11) is 0. The molecular formula is C12H19N3OS. The maximum Gasteiger partial charge on any atom is 0.219 e. The maximum atomic E-state index is 11.2. The highest BCUT2D eigenvalue weighted by Gasteiger charge is 2.22. The molecule has 1 aliphatic heterocycles. The van der Waals surface area contributed by atoms with E-state index in [0.29, 0.717) is 12.1 Å². The number of rotatable bonds is 3. The lowest BCUT2D eigenvalue weighted by atomic mass is 10.0. The van der Waals surface area contributed by atoms with E-state index in [1.54, 1.807) is 18.3 Å². The smallest absolute Gasteiger partial charge is 0.219 e. The Labute approximate surface area is 106 Å². The van der Waals surface area contributed by atoms with Crippen LogP contribution in [0.2, 0.25) is 0 Å². The summed E-state index contributed by atoms with van der Waals surface area (Å²) in [6.45, 7) is 5.53. The Morgan fingerprint density at radius 2 is 2.29 bits per heavy atom. The number of hydrogen-bond acceptors (Lipinski definition) is 4. The molecule has 1 aliphatic rings. The highest BCUT2D eigenvalue weighted by Crippen LogP contribution is 2.17. The van der Waals surface area contributed by atoms with Crippen LogP contribution >= 0.6 is 11.3 Å². The minimum absolute atomic E-state index is 0.191. The monoisotopic (exact) mass is 253 g/mol. The normalized spacial score (nSPS) is 19.3. The van der Waals surface area contributed by atoms with E-state index < -0.39 is 0 Å². The van der Waals surface area contributed by atoms with Crippen molar-refractivity contribution < 1.29 is 4.79 Å². The summed E-state index contributed by atoms with van der Waals surface area (Å²) in [6.07, 6.45) is 2.07. The molecule has 1 N–H and O–H groups in total. The van der Waals surface area contributed by atoms with Gasteiger partial charge in [0.1, 0.15) is 0 Å². The van der Waals surface area contributed by atoms with Crippen molar-refractivity contribution in [1.82, 2.24) is 15.2 Å². The van der Waals surface area contributed by atoms with E-state index in [0.717, 1.165) is 31.6 Å². The first-order valence-electron chi connectivity index (χ1n) is 6.06. The quantitative estimate of drug-likeness (QED) is 0.893. The van der Waals surface area contributed by atoms with E-state index in [9.17, 15) is 4.79 Å². The van der Waals surface area contributed by atoms with Gasteiger partial charge in [0.15, 0.2) is 0 Å². The van der Waals surface area contributed by atoms with Crippen LogP contribution in [0.3, 0.4) is 0 Å². The molecule has 94 valence electrons. The standard InChI is InChI=1S/C12H19N3OS/c1-9(12-7-17-8-13-12)14-11-3-5-15(6-4-11)10(2)16/h7-9,11,14H,3-6H2,1-2H3. The minimum Gasteiger partial charge on any atom is -0.343 e. The number of nitrogens with one attached hydrogen (secondary N) is 1. The van der Waals surface area contributed by atoms with Gasteiger partial charge in [-0.25, -0.2) is 4.98 Å². The molecule has 0 bridgehead atoms. The Kier molecular flexibility index (Phi) is 4.12. The number of nitrogens with zero attached hydrogens (tertiary/aromatic N) is 2. The van der Waals surface area contributed by atoms with Crippen molar-refractivity contribution in [2.75, 3.05) is 13.1 Å². The third-order valence-corrected chi connectivity index (χ3v) is 3.93. The third kappa shape index (κ3) is 3.26. The fourth-order valence-corrected chi connectivity index (χ4v) is 2.88. The van der Waals surface area contributed by atoms with Crippen LogP contribution in [0.1, 0.15) is 38.4 Å². The molecule has 0 aromatic carbocycles. The van der Waals surface area contributed by atoms with E-state index in [-0.39, 0.29) is 5.91 Å². The summed E-state index contributed by atoms with van der Waals surface area (Å²) in [5.41, 5.74) is 2.98. The summed E-state index contributed by atoms with van der Waals surface area (Å²) in [4.78, 5) is 17.4. The first-order valence-corrected chi connectivity index (χ1v) is 7.00. The zero-order valence-electron chi connectivity index (χ0n) is 10.3. The van der Waals surface area contributed by atoms with Crippen LogP contribution in [0.4, 0.5) is 0 Å². The van der Waals surface area contributed by atoms with Gasteiger partial charge in [0.25, 0.3) is 0 Å². The van der Waals surface area contributed by atoms with Gasteiger partial charge in [0, 0.05) is 37.5 Å². The molecule has 0 radical (unpaired) electrons. The number of aromatic nitrogens is 1. The Bertz CT molecular complexity index is 358. The SMILES string of the molecule is CC(=O)N1CCC(NC(C)c2cscn2)CC1. The molecular weight excluding hydrogens is 234 g/mol. The van der Waals surface area contributed by atoms with Crippen LogP contribution in [0.5, 0.6) is 0 Å². The van der Waals surface area contributed by atoms with E-state index >= 15 is 0 Å². The second-order valence-corrected chi connectivity index (χ2v) is 5.30. The lowest BCUT2D eigenvalue weighted by molar-refractivity contribution is -0.129. The summed E-state index contributed by atoms with van der Waals surface area (Å²) >= 11 is 1.63. The van der Waals surface area contributed by atoms with Gasteiger partial charge in [0.05, 0.1) is 11.2 Å². The lowest BCUT2D eigenvalue weighted by Crippen LogP contribution is -2.44. The molecule has 5 heteroatoms. The molecule has 1 unspecified atom stereocenters. The van der Waals surface area contributed by atoms with E-state index in [4.69, 9.17) is 0 Å². The zero-order valence-corrected chi connectivity index (χ0v) is 11.2. The lowest BCUT2D eigenvalue weighted by Gasteiger charge is -2.33. The van der Waals surface area contributed by atoms with Crippen LogP contribution in [0.25, 0.3) is 0 Å². The molecule has 1 fully saturated rings. The molecule has 1 aromatic heterocycles. The molecule has 2 rings (SSSR count). The van der Waals surface area contributed by atoms with Crippen molar-refractivity contribution in [2.24, 2.45) is 0 Å². The number of carbonyl (C=O) groups excluding carboxylic acids is 1. The molecule has 0 spiro atoms. The highest BCUT2D eigenvalue weighted by atomic mass is 32.1. The van der Waals surface area contributed by atoms with Crippen molar-refractivity contribution in [3.05, 3.63) is 16.6 Å². The van der Waals surface area contributed by atoms with Crippen molar-refractivity contribution in [3.8, 4) is 0 Å². The fraction of sp³-hybridized carbons (Fsp3) is 0.667. The number of piperidine rings is 1. The van der Waals surface area contributed by atoms with Crippen LogP contribution in [-0.4, -0.2) is 34.9 Å². The van der Waals surface area contributed by atoms with E-state index in [1.807, 2.05) is 10.4 Å². The Morgan fingerprint density at radius 1 is 1.59 bits per heavy atom. The average Bonchev–Trinajstić information content (AvgIpc) is 2.83. The molecule has 17 heavy (non-hydrogen) atoms. The first kappa shape index (κ1) is 12.5. The largest absolute Gasteiger partial charge is 0.343 e. The third-order valence-electron chi connectivity index (χ3n) is 3.32. The van der Waals surface area contributed by atoms with Crippen molar-refractivity contribution in [3.63, 3.8) is 0 Å². The molecule has 1 amide bonds. The van der Waals surface area contributed by atoms with Gasteiger partial charge in [0.2, 0.25) is 5.91 Å². The van der Waals surface area contributed by atoms with Crippen LogP contribution in [0, 0.1) is 0 Å². The second-order valence-electron chi connectivity index (χ2n) is 4.58. The van der Waals surface area contributed by atoms with Gasteiger partial charge >= 0.3 is 0 Å². The Morgan fingerprint density at radius 3 is 2.82 bits per heavy atom. The van der Waals surface area contributed by atoms with Crippen LogP contribution in [-0.2, 0) is 4.79 Å². The van der Waals surface area contributed by atoms with Crippen LogP contribution in [0.15, 0.2) is 10.9 Å². The summed E-state index contributed by atoms with van der Waals surface area (Å²) in [5.74, 6) is 0.191. The molecule has 2 heterocycles. The summed E-state index contributed by atoms with van der Waals surface area (Å²) in [5, 5.41) is 5.67. The molecule has 4 nitrogen and oxygen atoms in total. The minimum atomic E-state index is 0.191. The molecule has 1 saturated heterocycles. The molecule has 0 saturated carbocycles. The van der Waals surface area contributed by atoms with Gasteiger partial charge < -0.3 is 10.2 Å². The number of thiazole rings is 1. The number of carbonyl (C=O) groups is 1. The Balaban J connectivity index is 1.80. The first-order chi connectivity index (χ1) is 8.16. The topological polar surface area (TPSA) is 45.2 Å². The highest BCUT2D eigenvalue weighted by molar-refractivity contribution is 7.07. The number of likely N-dealkylation sites (tertiary alicyclic amines) is 1. The van der Waals surface area contributed by atoms with Crippen LogP contribution < -0.4 is 5.32 Å². The van der Waals surface area contributed by atoms with E-state index in [1.165, 1.54) is 0 Å².